The Labute approximate surface area is 228 Å². The topological polar surface area (TPSA) is 120 Å². The molecule has 0 spiro atoms. The summed E-state index contributed by atoms with van der Waals surface area (Å²) < 4.78 is 17.2. The molecule has 0 unspecified atom stereocenters. The minimum absolute atomic E-state index is 0.0235. The van der Waals surface area contributed by atoms with Crippen molar-refractivity contribution in [1.82, 2.24) is 0 Å². The molecule has 3 rings (SSSR count). The molecule has 1 aromatic heterocycles. The van der Waals surface area contributed by atoms with E-state index in [2.05, 4.69) is 0 Å². The maximum atomic E-state index is 14.1. The molecule has 0 bridgehead atoms. The smallest absolute Gasteiger partial charge is 0.310 e. The van der Waals surface area contributed by atoms with Crippen LogP contribution in [0.5, 0.6) is 17.2 Å². The normalized spacial score (nSPS) is 11.5. The summed E-state index contributed by atoms with van der Waals surface area (Å²) in [7, 11) is 0. The van der Waals surface area contributed by atoms with Crippen LogP contribution in [0.4, 0.5) is 0 Å². The van der Waals surface area contributed by atoms with Gasteiger partial charge in [-0.15, -0.1) is 0 Å². The molecule has 210 valence electrons. The SMILES string of the molecule is CCC(=O)Oc1cc2oc3cc(OC(=O)CC)c(C(C)=O)c(CCC(C)C)c3c(=O)c2c(O)c1CCC(C)C. The fraction of sp³-hybridized carbons (Fsp3) is 0.484. The molecule has 39 heavy (non-hydrogen) atoms. The number of phenols is 1. The summed E-state index contributed by atoms with van der Waals surface area (Å²) in [5.74, 6) is -0.948. The second kappa shape index (κ2) is 12.5. The zero-order chi connectivity index (χ0) is 29.0. The number of aromatic hydroxyl groups is 1. The van der Waals surface area contributed by atoms with E-state index in [1.54, 1.807) is 13.8 Å². The largest absolute Gasteiger partial charge is 0.507 e. The maximum Gasteiger partial charge on any atom is 0.310 e. The molecule has 0 fully saturated rings. The Balaban J connectivity index is 2.47. The van der Waals surface area contributed by atoms with E-state index in [0.29, 0.717) is 42.7 Å². The van der Waals surface area contributed by atoms with Crippen molar-refractivity contribution in [3.05, 3.63) is 39.0 Å². The van der Waals surface area contributed by atoms with Crippen LogP contribution < -0.4 is 14.9 Å². The minimum Gasteiger partial charge on any atom is -0.507 e. The van der Waals surface area contributed by atoms with Gasteiger partial charge in [0, 0.05) is 30.5 Å². The van der Waals surface area contributed by atoms with Gasteiger partial charge in [-0.05, 0) is 50.0 Å². The molecule has 0 saturated heterocycles. The number of rotatable bonds is 11. The van der Waals surface area contributed by atoms with Crippen molar-refractivity contribution in [3.8, 4) is 17.2 Å². The lowest BCUT2D eigenvalue weighted by Gasteiger charge is -2.18. The average molecular weight is 539 g/mol. The molecule has 0 atom stereocenters. The number of Topliss-reactive ketones (excluding diaryl/α,β-unsaturated/α-hetero) is 1. The van der Waals surface area contributed by atoms with Crippen LogP contribution in [-0.2, 0) is 22.4 Å². The summed E-state index contributed by atoms with van der Waals surface area (Å²) >= 11 is 0. The first-order chi connectivity index (χ1) is 18.4. The number of carbonyl (C=O) groups is 3. The van der Waals surface area contributed by atoms with Crippen LogP contribution in [0.2, 0.25) is 0 Å². The fourth-order valence-corrected chi connectivity index (χ4v) is 4.53. The maximum absolute atomic E-state index is 14.1. The Morgan fingerprint density at radius 1 is 0.821 bits per heavy atom. The molecule has 0 amide bonds. The summed E-state index contributed by atoms with van der Waals surface area (Å²) in [6.07, 6.45) is 2.32. The molecule has 0 radical (unpaired) electrons. The summed E-state index contributed by atoms with van der Waals surface area (Å²) in [5.41, 5.74) is 0.566. The van der Waals surface area contributed by atoms with Gasteiger partial charge >= 0.3 is 11.9 Å². The third-order valence-corrected chi connectivity index (χ3v) is 6.68. The van der Waals surface area contributed by atoms with Crippen LogP contribution in [-0.4, -0.2) is 22.8 Å². The van der Waals surface area contributed by atoms with Gasteiger partial charge < -0.3 is 19.0 Å². The first-order valence-electron chi connectivity index (χ1n) is 13.6. The Morgan fingerprint density at radius 3 is 1.82 bits per heavy atom. The molecule has 0 aliphatic rings. The zero-order valence-corrected chi connectivity index (χ0v) is 23.9. The van der Waals surface area contributed by atoms with Gasteiger partial charge in [0.2, 0.25) is 5.43 Å². The first kappa shape index (κ1) is 29.9. The lowest BCUT2D eigenvalue weighted by Crippen LogP contribution is -2.15. The van der Waals surface area contributed by atoms with E-state index in [1.807, 2.05) is 27.7 Å². The molecule has 1 heterocycles. The van der Waals surface area contributed by atoms with E-state index in [1.165, 1.54) is 19.1 Å². The van der Waals surface area contributed by atoms with Gasteiger partial charge in [0.1, 0.15) is 33.8 Å². The number of aryl methyl sites for hydroxylation is 1. The average Bonchev–Trinajstić information content (AvgIpc) is 2.85. The predicted molar refractivity (Wildman–Crippen MR) is 150 cm³/mol. The van der Waals surface area contributed by atoms with Crippen LogP contribution in [0, 0.1) is 11.8 Å². The van der Waals surface area contributed by atoms with Crippen molar-refractivity contribution in [2.45, 2.75) is 87.0 Å². The van der Waals surface area contributed by atoms with E-state index in [-0.39, 0.29) is 69.3 Å². The van der Waals surface area contributed by atoms with Gasteiger partial charge in [-0.3, -0.25) is 19.2 Å². The number of hydrogen-bond donors (Lipinski definition) is 1. The Hall–Kier alpha value is -3.68. The molecular formula is C31H38O8. The highest BCUT2D eigenvalue weighted by atomic mass is 16.5. The van der Waals surface area contributed by atoms with E-state index < -0.39 is 17.4 Å². The zero-order valence-electron chi connectivity index (χ0n) is 23.9. The van der Waals surface area contributed by atoms with Gasteiger partial charge in [0.25, 0.3) is 0 Å². The van der Waals surface area contributed by atoms with E-state index in [9.17, 15) is 24.3 Å². The lowest BCUT2D eigenvalue weighted by atomic mass is 9.91. The molecule has 0 aliphatic heterocycles. The number of phenolic OH excluding ortho intramolecular Hbond substituents is 1. The molecule has 8 nitrogen and oxygen atoms in total. The summed E-state index contributed by atoms with van der Waals surface area (Å²) in [6, 6.07) is 2.82. The summed E-state index contributed by atoms with van der Waals surface area (Å²) in [6.45, 7) is 12.8. The molecule has 0 aliphatic carbocycles. The van der Waals surface area contributed by atoms with Crippen molar-refractivity contribution < 1.29 is 33.4 Å². The molecule has 3 aromatic rings. The second-order valence-electron chi connectivity index (χ2n) is 10.7. The lowest BCUT2D eigenvalue weighted by molar-refractivity contribution is -0.134. The standard InChI is InChI=1S/C31H38O8/c1-8-25(33)38-21-14-24-29(30(35)19(21)12-10-16(3)4)31(36)28-20(13-11-17(5)6)27(18(7)32)22(15-23(28)37-24)39-26(34)9-2/h14-17,35H,8-13H2,1-7H3. The van der Waals surface area contributed by atoms with Gasteiger partial charge in [0.15, 0.2) is 5.78 Å². The van der Waals surface area contributed by atoms with Crippen LogP contribution in [0.3, 0.4) is 0 Å². The number of ether oxygens (including phenoxy) is 2. The van der Waals surface area contributed by atoms with E-state index >= 15 is 0 Å². The van der Waals surface area contributed by atoms with Gasteiger partial charge in [-0.1, -0.05) is 41.5 Å². The minimum atomic E-state index is -0.531. The first-order valence-corrected chi connectivity index (χ1v) is 13.6. The van der Waals surface area contributed by atoms with Gasteiger partial charge in [-0.2, -0.15) is 0 Å². The third-order valence-electron chi connectivity index (χ3n) is 6.68. The number of esters is 2. The monoisotopic (exact) mass is 538 g/mol. The summed E-state index contributed by atoms with van der Waals surface area (Å²) in [4.78, 5) is 51.3. The van der Waals surface area contributed by atoms with Crippen LogP contribution in [0.15, 0.2) is 21.3 Å². The highest BCUT2D eigenvalue weighted by Gasteiger charge is 2.27. The molecular weight excluding hydrogens is 500 g/mol. The van der Waals surface area contributed by atoms with Gasteiger partial charge in [-0.25, -0.2) is 0 Å². The van der Waals surface area contributed by atoms with E-state index in [4.69, 9.17) is 13.9 Å². The number of carbonyl (C=O) groups excluding carboxylic acids is 3. The Kier molecular flexibility index (Phi) is 9.54. The quantitative estimate of drug-likeness (QED) is 0.124. The highest BCUT2D eigenvalue weighted by Crippen LogP contribution is 2.40. The van der Waals surface area contributed by atoms with Crippen LogP contribution >= 0.6 is 0 Å². The van der Waals surface area contributed by atoms with Crippen molar-refractivity contribution >= 4 is 39.7 Å². The molecule has 1 N–H and O–H groups in total. The molecule has 8 heteroatoms. The number of benzene rings is 2. The number of hydrogen-bond acceptors (Lipinski definition) is 8. The Morgan fingerprint density at radius 2 is 1.31 bits per heavy atom. The van der Waals surface area contributed by atoms with E-state index in [0.717, 1.165) is 0 Å². The highest BCUT2D eigenvalue weighted by molar-refractivity contribution is 6.06. The third kappa shape index (κ3) is 6.49. The van der Waals surface area contributed by atoms with Crippen molar-refractivity contribution in [3.63, 3.8) is 0 Å². The number of fused-ring (bicyclic) bond motifs is 2. The molecule has 2 aromatic carbocycles. The second-order valence-corrected chi connectivity index (χ2v) is 10.7. The number of ketones is 1. The van der Waals surface area contributed by atoms with Crippen molar-refractivity contribution in [2.24, 2.45) is 11.8 Å². The predicted octanol–water partition coefficient (Wildman–Crippen LogP) is 6.66. The van der Waals surface area contributed by atoms with Gasteiger partial charge in [0.05, 0.1) is 10.9 Å². The van der Waals surface area contributed by atoms with Crippen molar-refractivity contribution in [1.29, 1.82) is 0 Å². The fourth-order valence-electron chi connectivity index (χ4n) is 4.53. The van der Waals surface area contributed by atoms with Crippen LogP contribution in [0.25, 0.3) is 21.9 Å². The Bertz CT molecular complexity index is 1480. The van der Waals surface area contributed by atoms with Crippen molar-refractivity contribution in [2.75, 3.05) is 0 Å². The molecule has 0 saturated carbocycles. The summed E-state index contributed by atoms with van der Waals surface area (Å²) in [5, 5.41) is 11.5. The van der Waals surface area contributed by atoms with Crippen LogP contribution in [0.1, 0.15) is 95.6 Å².